The van der Waals surface area contributed by atoms with Gasteiger partial charge in [0, 0.05) is 4.88 Å². The fourth-order valence-electron chi connectivity index (χ4n) is 2.03. The summed E-state index contributed by atoms with van der Waals surface area (Å²) >= 11 is 1.46. The molecule has 112 valence electrons. The third kappa shape index (κ3) is 3.31. The maximum atomic E-state index is 12.4. The lowest BCUT2D eigenvalue weighted by atomic mass is 10.1. The average molecular weight is 325 g/mol. The van der Waals surface area contributed by atoms with E-state index >= 15 is 0 Å². The summed E-state index contributed by atoms with van der Waals surface area (Å²) in [6.07, 6.45) is 0. The fourth-order valence-corrected chi connectivity index (χ4v) is 4.33. The van der Waals surface area contributed by atoms with Crippen molar-refractivity contribution in [3.63, 3.8) is 0 Å². The lowest BCUT2D eigenvalue weighted by Gasteiger charge is -2.15. The van der Waals surface area contributed by atoms with Gasteiger partial charge >= 0.3 is 5.97 Å². The van der Waals surface area contributed by atoms with Gasteiger partial charge in [0.1, 0.15) is 0 Å². The van der Waals surface area contributed by atoms with Gasteiger partial charge in [-0.2, -0.15) is 0 Å². The van der Waals surface area contributed by atoms with Gasteiger partial charge in [-0.15, -0.1) is 11.3 Å². The monoisotopic (exact) mass is 325 g/mol. The predicted octanol–water partition coefficient (Wildman–Crippen LogP) is 2.79. The first kappa shape index (κ1) is 15.7. The van der Waals surface area contributed by atoms with Crippen molar-refractivity contribution in [1.29, 1.82) is 0 Å². The van der Waals surface area contributed by atoms with E-state index in [0.29, 0.717) is 0 Å². The molecule has 21 heavy (non-hydrogen) atoms. The minimum Gasteiger partial charge on any atom is -0.478 e. The number of benzene rings is 1. The molecule has 0 saturated heterocycles. The number of sulfonamides is 1. The first-order chi connectivity index (χ1) is 9.83. The molecule has 0 saturated carbocycles. The summed E-state index contributed by atoms with van der Waals surface area (Å²) in [6, 6.07) is 7.55. The van der Waals surface area contributed by atoms with Gasteiger partial charge in [-0.3, -0.25) is 0 Å². The van der Waals surface area contributed by atoms with Crippen molar-refractivity contribution in [2.75, 3.05) is 0 Å². The van der Waals surface area contributed by atoms with Gasteiger partial charge in [-0.1, -0.05) is 12.1 Å². The number of hydrogen-bond acceptors (Lipinski definition) is 4. The Kier molecular flexibility index (Phi) is 4.46. The van der Waals surface area contributed by atoms with E-state index in [2.05, 4.69) is 4.72 Å². The van der Waals surface area contributed by atoms with E-state index < -0.39 is 16.0 Å². The highest BCUT2D eigenvalue weighted by atomic mass is 32.2. The zero-order chi connectivity index (χ0) is 15.6. The Labute approximate surface area is 127 Å². The quantitative estimate of drug-likeness (QED) is 0.885. The number of hydrogen-bond donors (Lipinski definition) is 2. The molecule has 1 unspecified atom stereocenters. The van der Waals surface area contributed by atoms with Crippen molar-refractivity contribution in [3.8, 4) is 0 Å². The van der Waals surface area contributed by atoms with Crippen LogP contribution in [0.4, 0.5) is 0 Å². The molecule has 0 aliphatic heterocycles. The van der Waals surface area contributed by atoms with Crippen molar-refractivity contribution >= 4 is 27.3 Å². The first-order valence-electron chi connectivity index (χ1n) is 6.21. The Morgan fingerprint density at radius 3 is 2.57 bits per heavy atom. The highest BCUT2D eigenvalue weighted by molar-refractivity contribution is 7.89. The van der Waals surface area contributed by atoms with Crippen LogP contribution in [0.2, 0.25) is 0 Å². The SMILES string of the molecule is Cc1c(C(=O)O)cccc1S(=O)(=O)NC(C)c1cccs1. The van der Waals surface area contributed by atoms with Crippen LogP contribution in [0, 0.1) is 6.92 Å². The Balaban J connectivity index is 2.36. The second-order valence-electron chi connectivity index (χ2n) is 4.59. The standard InChI is InChI=1S/C14H15NO4S2/c1-9-11(14(16)17)5-3-7-13(9)21(18,19)15-10(2)12-6-4-8-20-12/h3-8,10,15H,1-2H3,(H,16,17). The smallest absolute Gasteiger partial charge is 0.335 e. The van der Waals surface area contributed by atoms with E-state index in [0.717, 1.165) is 4.88 Å². The van der Waals surface area contributed by atoms with Crippen molar-refractivity contribution in [1.82, 2.24) is 4.72 Å². The molecular weight excluding hydrogens is 310 g/mol. The first-order valence-corrected chi connectivity index (χ1v) is 8.58. The summed E-state index contributed by atoms with van der Waals surface area (Å²) in [5.74, 6) is -1.14. The zero-order valence-corrected chi connectivity index (χ0v) is 13.2. The van der Waals surface area contributed by atoms with Crippen LogP contribution < -0.4 is 4.72 Å². The van der Waals surface area contributed by atoms with Gasteiger partial charge in [0.25, 0.3) is 0 Å². The number of thiophene rings is 1. The normalized spacial score (nSPS) is 13.0. The molecule has 7 heteroatoms. The topological polar surface area (TPSA) is 83.5 Å². The Bertz CT molecular complexity index is 751. The third-order valence-corrected chi connectivity index (χ3v) is 5.85. The summed E-state index contributed by atoms with van der Waals surface area (Å²) in [7, 11) is -3.78. The van der Waals surface area contributed by atoms with E-state index in [1.165, 1.54) is 36.5 Å². The minimum absolute atomic E-state index is 0.00851. The molecular formula is C14H15NO4S2. The summed E-state index contributed by atoms with van der Waals surface area (Å²) in [4.78, 5) is 12.0. The third-order valence-electron chi connectivity index (χ3n) is 3.11. The maximum Gasteiger partial charge on any atom is 0.335 e. The molecule has 0 bridgehead atoms. The van der Waals surface area contributed by atoms with Crippen LogP contribution in [-0.4, -0.2) is 19.5 Å². The van der Waals surface area contributed by atoms with Crippen LogP contribution >= 0.6 is 11.3 Å². The summed E-state index contributed by atoms with van der Waals surface area (Å²) in [5, 5.41) is 10.9. The number of carboxylic acid groups (broad SMARTS) is 1. The molecule has 0 radical (unpaired) electrons. The molecule has 2 aromatic rings. The number of nitrogens with one attached hydrogen (secondary N) is 1. The maximum absolute atomic E-state index is 12.4. The van der Waals surface area contributed by atoms with Gasteiger partial charge in [-0.25, -0.2) is 17.9 Å². The van der Waals surface area contributed by atoms with E-state index in [4.69, 9.17) is 5.11 Å². The molecule has 1 aromatic carbocycles. The van der Waals surface area contributed by atoms with Gasteiger partial charge in [0.15, 0.2) is 0 Å². The molecule has 0 fully saturated rings. The number of carbonyl (C=O) groups is 1. The summed E-state index contributed by atoms with van der Waals surface area (Å²) in [6.45, 7) is 3.24. The van der Waals surface area contributed by atoms with Crippen molar-refractivity contribution in [2.45, 2.75) is 24.8 Å². The van der Waals surface area contributed by atoms with E-state index in [1.54, 1.807) is 6.92 Å². The predicted molar refractivity (Wildman–Crippen MR) is 81.2 cm³/mol. The van der Waals surface area contributed by atoms with Crippen molar-refractivity contribution in [3.05, 3.63) is 51.7 Å². The molecule has 0 aliphatic carbocycles. The van der Waals surface area contributed by atoms with Crippen LogP contribution in [0.5, 0.6) is 0 Å². The van der Waals surface area contributed by atoms with Crippen LogP contribution in [0.1, 0.15) is 33.8 Å². The molecule has 1 atom stereocenters. The number of carboxylic acids is 1. The lowest BCUT2D eigenvalue weighted by Crippen LogP contribution is -2.27. The molecule has 0 spiro atoms. The molecule has 2 rings (SSSR count). The van der Waals surface area contributed by atoms with Crippen molar-refractivity contribution < 1.29 is 18.3 Å². The Morgan fingerprint density at radius 1 is 1.29 bits per heavy atom. The van der Waals surface area contributed by atoms with E-state index in [-0.39, 0.29) is 22.1 Å². The molecule has 1 aromatic heterocycles. The average Bonchev–Trinajstić information content (AvgIpc) is 2.91. The number of rotatable bonds is 5. The number of aromatic carboxylic acids is 1. The highest BCUT2D eigenvalue weighted by Gasteiger charge is 2.23. The summed E-state index contributed by atoms with van der Waals surface area (Å²) in [5.41, 5.74) is 0.220. The van der Waals surface area contributed by atoms with Gasteiger partial charge in [0.05, 0.1) is 16.5 Å². The van der Waals surface area contributed by atoms with Crippen LogP contribution in [0.25, 0.3) is 0 Å². The second kappa shape index (κ2) is 5.97. The van der Waals surface area contributed by atoms with Crippen LogP contribution in [0.15, 0.2) is 40.6 Å². The van der Waals surface area contributed by atoms with Gasteiger partial charge < -0.3 is 5.11 Å². The van der Waals surface area contributed by atoms with Crippen molar-refractivity contribution in [2.24, 2.45) is 0 Å². The van der Waals surface area contributed by atoms with Gasteiger partial charge in [-0.05, 0) is 43.0 Å². The fraction of sp³-hybridized carbons (Fsp3) is 0.214. The molecule has 1 heterocycles. The second-order valence-corrected chi connectivity index (χ2v) is 7.25. The lowest BCUT2D eigenvalue weighted by molar-refractivity contribution is 0.0696. The van der Waals surface area contributed by atoms with E-state index in [1.807, 2.05) is 17.5 Å². The molecule has 0 amide bonds. The van der Waals surface area contributed by atoms with Crippen LogP contribution in [-0.2, 0) is 10.0 Å². The zero-order valence-electron chi connectivity index (χ0n) is 11.5. The van der Waals surface area contributed by atoms with Gasteiger partial charge in [0.2, 0.25) is 10.0 Å². The molecule has 5 nitrogen and oxygen atoms in total. The molecule has 0 aliphatic rings. The summed E-state index contributed by atoms with van der Waals surface area (Å²) < 4.78 is 27.4. The Morgan fingerprint density at radius 2 is 2.00 bits per heavy atom. The largest absolute Gasteiger partial charge is 0.478 e. The molecule has 2 N–H and O–H groups in total. The highest BCUT2D eigenvalue weighted by Crippen LogP contribution is 2.23. The van der Waals surface area contributed by atoms with Crippen LogP contribution in [0.3, 0.4) is 0 Å². The van der Waals surface area contributed by atoms with E-state index in [9.17, 15) is 13.2 Å². The Hall–Kier alpha value is -1.70. The minimum atomic E-state index is -3.78.